The molecule has 0 spiro atoms. The second kappa shape index (κ2) is 9.77. The SMILES string of the molecule is Cc1cc(C(C)(C)C)ccc1OCC(O)CN(C)CCC#N.Cl. The first-order valence-corrected chi connectivity index (χ1v) is 7.71. The quantitative estimate of drug-likeness (QED) is 0.827. The number of nitrogens with zero attached hydrogens (tertiary/aromatic N) is 2. The van der Waals surface area contributed by atoms with Crippen molar-refractivity contribution in [1.29, 1.82) is 5.26 Å². The molecule has 0 radical (unpaired) electrons. The smallest absolute Gasteiger partial charge is 0.122 e. The topological polar surface area (TPSA) is 56.5 Å². The lowest BCUT2D eigenvalue weighted by Crippen LogP contribution is -2.33. The molecule has 0 aromatic heterocycles. The molecule has 23 heavy (non-hydrogen) atoms. The van der Waals surface area contributed by atoms with Gasteiger partial charge in [0.25, 0.3) is 0 Å². The first kappa shape index (κ1) is 21.7. The Balaban J connectivity index is 0.00000484. The monoisotopic (exact) mass is 340 g/mol. The predicted molar refractivity (Wildman–Crippen MR) is 96.4 cm³/mol. The summed E-state index contributed by atoms with van der Waals surface area (Å²) in [5, 5.41) is 18.6. The van der Waals surface area contributed by atoms with Crippen molar-refractivity contribution in [3.05, 3.63) is 29.3 Å². The summed E-state index contributed by atoms with van der Waals surface area (Å²) < 4.78 is 5.73. The number of aliphatic hydroxyl groups excluding tert-OH is 1. The third-order valence-corrected chi connectivity index (χ3v) is 3.60. The van der Waals surface area contributed by atoms with Crippen LogP contribution >= 0.6 is 12.4 Å². The molecule has 0 saturated carbocycles. The van der Waals surface area contributed by atoms with E-state index in [9.17, 15) is 5.11 Å². The Morgan fingerprint density at radius 1 is 1.35 bits per heavy atom. The maximum Gasteiger partial charge on any atom is 0.122 e. The summed E-state index contributed by atoms with van der Waals surface area (Å²) in [6, 6.07) is 8.29. The third kappa shape index (κ3) is 7.69. The number of ether oxygens (including phenoxy) is 1. The fraction of sp³-hybridized carbons (Fsp3) is 0.611. The van der Waals surface area contributed by atoms with Crippen molar-refractivity contribution < 1.29 is 9.84 Å². The van der Waals surface area contributed by atoms with Crippen molar-refractivity contribution in [1.82, 2.24) is 4.90 Å². The van der Waals surface area contributed by atoms with Crippen LogP contribution in [0, 0.1) is 18.3 Å². The maximum atomic E-state index is 10.0. The summed E-state index contributed by atoms with van der Waals surface area (Å²) in [4.78, 5) is 1.94. The van der Waals surface area contributed by atoms with Crippen LogP contribution in [0.15, 0.2) is 18.2 Å². The van der Waals surface area contributed by atoms with Crippen molar-refractivity contribution >= 4 is 12.4 Å². The largest absolute Gasteiger partial charge is 0.491 e. The summed E-state index contributed by atoms with van der Waals surface area (Å²) >= 11 is 0. The molecule has 1 N–H and O–H groups in total. The molecule has 0 saturated heterocycles. The predicted octanol–water partition coefficient (Wildman–Crippen LogP) is 3.30. The van der Waals surface area contributed by atoms with Gasteiger partial charge in [-0.15, -0.1) is 12.4 Å². The molecule has 0 aliphatic rings. The Morgan fingerprint density at radius 3 is 2.52 bits per heavy atom. The van der Waals surface area contributed by atoms with Gasteiger partial charge in [0.1, 0.15) is 18.5 Å². The van der Waals surface area contributed by atoms with Crippen molar-refractivity contribution in [3.8, 4) is 11.8 Å². The lowest BCUT2D eigenvalue weighted by molar-refractivity contribution is 0.0767. The molecule has 1 aromatic rings. The van der Waals surface area contributed by atoms with Gasteiger partial charge in [-0.2, -0.15) is 5.26 Å². The van der Waals surface area contributed by atoms with Gasteiger partial charge in [-0.1, -0.05) is 32.9 Å². The normalized spacial score (nSPS) is 12.4. The van der Waals surface area contributed by atoms with Crippen molar-refractivity contribution in [2.75, 3.05) is 26.7 Å². The second-order valence-electron chi connectivity index (χ2n) is 6.87. The standard InChI is InChI=1S/C18H28N2O2.ClH/c1-14-11-15(18(2,3)4)7-8-17(14)22-13-16(21)12-20(5)10-6-9-19;/h7-8,11,16,21H,6,10,12-13H2,1-5H3;1H. The van der Waals surface area contributed by atoms with Crippen LogP contribution in [-0.2, 0) is 5.41 Å². The van der Waals surface area contributed by atoms with Gasteiger partial charge in [0.15, 0.2) is 0 Å². The molecule has 1 unspecified atom stereocenters. The Kier molecular flexibility index (Phi) is 9.23. The zero-order valence-electron chi connectivity index (χ0n) is 14.8. The average Bonchev–Trinajstić information content (AvgIpc) is 2.42. The number of halogens is 1. The number of rotatable bonds is 7. The minimum Gasteiger partial charge on any atom is -0.491 e. The lowest BCUT2D eigenvalue weighted by atomic mass is 9.86. The van der Waals surface area contributed by atoms with E-state index >= 15 is 0 Å². The number of likely N-dealkylation sites (N-methyl/N-ethyl adjacent to an activating group) is 1. The molecule has 0 aliphatic carbocycles. The molecule has 4 nitrogen and oxygen atoms in total. The molecule has 0 amide bonds. The highest BCUT2D eigenvalue weighted by Crippen LogP contribution is 2.27. The van der Waals surface area contributed by atoms with Crippen molar-refractivity contribution in [2.24, 2.45) is 0 Å². The Morgan fingerprint density at radius 2 is 2.00 bits per heavy atom. The Labute approximate surface area is 146 Å². The minimum atomic E-state index is -0.564. The van der Waals surface area contributed by atoms with Crippen LogP contribution in [0.2, 0.25) is 0 Å². The molecule has 0 bridgehead atoms. The van der Waals surface area contributed by atoms with Crippen LogP contribution < -0.4 is 4.74 Å². The summed E-state index contributed by atoms with van der Waals surface area (Å²) in [6.45, 7) is 9.99. The van der Waals surface area contributed by atoms with Crippen molar-refractivity contribution in [3.63, 3.8) is 0 Å². The van der Waals surface area contributed by atoms with E-state index in [0.717, 1.165) is 11.3 Å². The number of aryl methyl sites for hydroxylation is 1. The fourth-order valence-corrected chi connectivity index (χ4v) is 2.21. The summed E-state index contributed by atoms with van der Waals surface area (Å²) in [5.41, 5.74) is 2.47. The molecule has 130 valence electrons. The van der Waals surface area contributed by atoms with E-state index in [1.54, 1.807) is 0 Å². The molecule has 1 atom stereocenters. The highest BCUT2D eigenvalue weighted by Gasteiger charge is 2.15. The van der Waals surface area contributed by atoms with E-state index in [2.05, 4.69) is 39.0 Å². The van der Waals surface area contributed by atoms with Crippen LogP contribution in [0.25, 0.3) is 0 Å². The van der Waals surface area contributed by atoms with E-state index in [1.165, 1.54) is 5.56 Å². The van der Waals surface area contributed by atoms with Gasteiger partial charge in [0.05, 0.1) is 6.07 Å². The molecule has 0 aliphatic heterocycles. The van der Waals surface area contributed by atoms with Gasteiger partial charge in [0.2, 0.25) is 0 Å². The van der Waals surface area contributed by atoms with Crippen LogP contribution in [0.4, 0.5) is 0 Å². The van der Waals surface area contributed by atoms with E-state index in [4.69, 9.17) is 10.00 Å². The molecule has 0 heterocycles. The number of hydrogen-bond acceptors (Lipinski definition) is 4. The zero-order chi connectivity index (χ0) is 16.8. The van der Waals surface area contributed by atoms with Crippen LogP contribution in [-0.4, -0.2) is 42.9 Å². The summed E-state index contributed by atoms with van der Waals surface area (Å²) in [6.07, 6.45) is -0.0948. The second-order valence-corrected chi connectivity index (χ2v) is 6.87. The molecule has 1 aromatic carbocycles. The van der Waals surface area contributed by atoms with Gasteiger partial charge in [-0.25, -0.2) is 0 Å². The maximum absolute atomic E-state index is 10.0. The van der Waals surface area contributed by atoms with Gasteiger partial charge in [0, 0.05) is 19.5 Å². The van der Waals surface area contributed by atoms with E-state index in [0.29, 0.717) is 19.5 Å². The van der Waals surface area contributed by atoms with Gasteiger partial charge < -0.3 is 14.7 Å². The fourth-order valence-electron chi connectivity index (χ4n) is 2.21. The molecular weight excluding hydrogens is 312 g/mol. The number of benzene rings is 1. The van der Waals surface area contributed by atoms with Crippen LogP contribution in [0.5, 0.6) is 5.75 Å². The van der Waals surface area contributed by atoms with E-state index < -0.39 is 6.10 Å². The van der Waals surface area contributed by atoms with Crippen LogP contribution in [0.3, 0.4) is 0 Å². The summed E-state index contributed by atoms with van der Waals surface area (Å²) in [7, 11) is 1.89. The van der Waals surface area contributed by atoms with E-state index in [-0.39, 0.29) is 24.4 Å². The molecule has 1 rings (SSSR count). The number of aliphatic hydroxyl groups is 1. The molecule has 5 heteroatoms. The molecule has 0 fully saturated rings. The first-order valence-electron chi connectivity index (χ1n) is 7.71. The zero-order valence-corrected chi connectivity index (χ0v) is 15.6. The molecular formula is C18H29ClN2O2. The third-order valence-electron chi connectivity index (χ3n) is 3.60. The van der Waals surface area contributed by atoms with Gasteiger partial charge >= 0.3 is 0 Å². The van der Waals surface area contributed by atoms with Crippen molar-refractivity contribution in [2.45, 2.75) is 45.6 Å². The average molecular weight is 341 g/mol. The van der Waals surface area contributed by atoms with E-state index in [1.807, 2.05) is 24.9 Å². The summed E-state index contributed by atoms with van der Waals surface area (Å²) in [5.74, 6) is 0.812. The lowest BCUT2D eigenvalue weighted by Gasteiger charge is -2.22. The number of nitriles is 1. The van der Waals surface area contributed by atoms with Gasteiger partial charge in [-0.05, 0) is 36.6 Å². The number of hydrogen-bond donors (Lipinski definition) is 1. The Bertz CT molecular complexity index is 521. The van der Waals surface area contributed by atoms with Gasteiger partial charge in [-0.3, -0.25) is 0 Å². The Hall–Kier alpha value is -1.28. The van der Waals surface area contributed by atoms with Crippen LogP contribution in [0.1, 0.15) is 38.3 Å². The first-order chi connectivity index (χ1) is 10.2. The highest BCUT2D eigenvalue weighted by molar-refractivity contribution is 5.85. The highest BCUT2D eigenvalue weighted by atomic mass is 35.5. The minimum absolute atomic E-state index is 0.